The summed E-state index contributed by atoms with van der Waals surface area (Å²) in [7, 11) is 0. The number of nitrogens with zero attached hydrogens (tertiary/aromatic N) is 2. The number of carbonyl (C=O) groups excluding carboxylic acids is 1. The number of hydrogen-bond donors (Lipinski definition) is 1. The number of benzene rings is 1. The molecule has 8 heteroatoms. The van der Waals surface area contributed by atoms with Crippen LogP contribution < -0.4 is 5.32 Å². The minimum absolute atomic E-state index is 0.0619. The zero-order valence-corrected chi connectivity index (χ0v) is 11.9. The van der Waals surface area contributed by atoms with Gasteiger partial charge in [0, 0.05) is 12.5 Å². The third-order valence-electron chi connectivity index (χ3n) is 2.34. The van der Waals surface area contributed by atoms with Crippen LogP contribution in [0.15, 0.2) is 22.7 Å². The molecule has 2 rings (SSSR count). The second kappa shape index (κ2) is 6.08. The zero-order valence-electron chi connectivity index (χ0n) is 10.4. The molecule has 106 valence electrons. The van der Waals surface area contributed by atoms with Crippen LogP contribution in [-0.4, -0.2) is 20.9 Å². The highest BCUT2D eigenvalue weighted by atomic mass is 79.9. The van der Waals surface area contributed by atoms with E-state index in [4.69, 9.17) is 4.52 Å². The van der Waals surface area contributed by atoms with Crippen LogP contribution in [0.2, 0.25) is 0 Å². The van der Waals surface area contributed by atoms with E-state index < -0.39 is 16.5 Å². The molecule has 20 heavy (non-hydrogen) atoms. The number of rotatable bonds is 4. The highest BCUT2D eigenvalue weighted by molar-refractivity contribution is 9.10. The fourth-order valence-electron chi connectivity index (χ4n) is 1.48. The number of alkyl halides is 1. The predicted octanol–water partition coefficient (Wildman–Crippen LogP) is 2.66. The fraction of sp³-hybridized carbons (Fsp3) is 0.250. The first-order valence-electron chi connectivity index (χ1n) is 5.66. The standard InChI is InChI=1S/C12H10BrF2N3O2/c1-6(13)11(19)17-12-16-10(18-20-12)4-7-2-8(14)5-9(15)3-7/h2-3,5-6H,4H2,1H3,(H,16,17,18,19). The van der Waals surface area contributed by atoms with Gasteiger partial charge in [0.05, 0.1) is 4.83 Å². The summed E-state index contributed by atoms with van der Waals surface area (Å²) in [5.74, 6) is -1.47. The Balaban J connectivity index is 2.07. The summed E-state index contributed by atoms with van der Waals surface area (Å²) < 4.78 is 30.9. The monoisotopic (exact) mass is 345 g/mol. The van der Waals surface area contributed by atoms with Crippen LogP contribution in [0.3, 0.4) is 0 Å². The maximum Gasteiger partial charge on any atom is 0.328 e. The van der Waals surface area contributed by atoms with Crippen LogP contribution in [0, 0.1) is 11.6 Å². The molecular formula is C12H10BrF2N3O2. The smallest absolute Gasteiger partial charge is 0.315 e. The molecule has 0 saturated carbocycles. The number of halogens is 3. The van der Waals surface area contributed by atoms with Gasteiger partial charge in [0.25, 0.3) is 0 Å². The van der Waals surface area contributed by atoms with Gasteiger partial charge in [0.2, 0.25) is 5.91 Å². The van der Waals surface area contributed by atoms with Gasteiger partial charge in [-0.25, -0.2) is 8.78 Å². The number of nitrogens with one attached hydrogen (secondary N) is 1. The number of aromatic nitrogens is 2. The molecule has 2 aromatic rings. The van der Waals surface area contributed by atoms with Crippen molar-refractivity contribution in [3.63, 3.8) is 0 Å². The largest absolute Gasteiger partial charge is 0.328 e. The molecule has 0 spiro atoms. The first-order valence-corrected chi connectivity index (χ1v) is 6.58. The molecule has 0 aliphatic rings. The van der Waals surface area contributed by atoms with Crippen LogP contribution in [0.1, 0.15) is 18.3 Å². The molecule has 1 unspecified atom stereocenters. The highest BCUT2D eigenvalue weighted by Crippen LogP contribution is 2.13. The minimum atomic E-state index is -0.676. The topological polar surface area (TPSA) is 68.0 Å². The lowest BCUT2D eigenvalue weighted by atomic mass is 10.1. The second-order valence-corrected chi connectivity index (χ2v) is 5.45. The Hall–Kier alpha value is -1.83. The van der Waals surface area contributed by atoms with Crippen molar-refractivity contribution >= 4 is 27.9 Å². The molecule has 0 radical (unpaired) electrons. The van der Waals surface area contributed by atoms with E-state index in [2.05, 4.69) is 31.4 Å². The van der Waals surface area contributed by atoms with Gasteiger partial charge in [0.15, 0.2) is 5.82 Å². The Morgan fingerprint density at radius 3 is 2.65 bits per heavy atom. The van der Waals surface area contributed by atoms with E-state index in [1.165, 1.54) is 12.1 Å². The Bertz CT molecular complexity index is 611. The molecule has 0 bridgehead atoms. The third-order valence-corrected chi connectivity index (χ3v) is 2.76. The lowest BCUT2D eigenvalue weighted by Crippen LogP contribution is -2.20. The summed E-state index contributed by atoms with van der Waals surface area (Å²) in [6.07, 6.45) is 0.0952. The molecular weight excluding hydrogens is 336 g/mol. The van der Waals surface area contributed by atoms with Gasteiger partial charge in [-0.15, -0.1) is 0 Å². The van der Waals surface area contributed by atoms with E-state index >= 15 is 0 Å². The van der Waals surface area contributed by atoms with E-state index in [9.17, 15) is 13.6 Å². The lowest BCUT2D eigenvalue weighted by molar-refractivity contribution is -0.115. The molecule has 1 aromatic carbocycles. The first-order chi connectivity index (χ1) is 9.44. The molecule has 0 aliphatic carbocycles. The van der Waals surface area contributed by atoms with Crippen molar-refractivity contribution in [1.29, 1.82) is 0 Å². The summed E-state index contributed by atoms with van der Waals surface area (Å²) >= 11 is 3.09. The van der Waals surface area contributed by atoms with Crippen LogP contribution in [0.25, 0.3) is 0 Å². The highest BCUT2D eigenvalue weighted by Gasteiger charge is 2.14. The molecule has 1 amide bonds. The summed E-state index contributed by atoms with van der Waals surface area (Å²) in [6, 6.07) is 3.08. The summed E-state index contributed by atoms with van der Waals surface area (Å²) in [5, 5.41) is 6.02. The van der Waals surface area contributed by atoms with Crippen molar-refractivity contribution in [2.45, 2.75) is 18.2 Å². The van der Waals surface area contributed by atoms with Crippen LogP contribution in [0.4, 0.5) is 14.8 Å². The van der Waals surface area contributed by atoms with Gasteiger partial charge in [-0.2, -0.15) is 4.98 Å². The molecule has 0 saturated heterocycles. The molecule has 1 N–H and O–H groups in total. The summed E-state index contributed by atoms with van der Waals surface area (Å²) in [5.41, 5.74) is 0.370. The zero-order chi connectivity index (χ0) is 14.7. The van der Waals surface area contributed by atoms with Crippen molar-refractivity contribution in [2.75, 3.05) is 5.32 Å². The van der Waals surface area contributed by atoms with E-state index in [0.717, 1.165) is 6.07 Å². The van der Waals surface area contributed by atoms with Crippen molar-refractivity contribution in [2.24, 2.45) is 0 Å². The average Bonchev–Trinajstić information content (AvgIpc) is 2.74. The molecule has 1 atom stereocenters. The van der Waals surface area contributed by atoms with Crippen molar-refractivity contribution < 1.29 is 18.1 Å². The maximum atomic E-state index is 13.0. The quantitative estimate of drug-likeness (QED) is 0.865. The van der Waals surface area contributed by atoms with Gasteiger partial charge in [-0.1, -0.05) is 21.1 Å². The summed E-state index contributed by atoms with van der Waals surface area (Å²) in [4.78, 5) is 14.9. The third kappa shape index (κ3) is 3.83. The second-order valence-electron chi connectivity index (χ2n) is 4.08. The molecule has 1 aromatic heterocycles. The van der Waals surface area contributed by atoms with Crippen LogP contribution in [0.5, 0.6) is 0 Å². The number of hydrogen-bond acceptors (Lipinski definition) is 4. The molecule has 0 fully saturated rings. The number of carbonyl (C=O) groups is 1. The van der Waals surface area contributed by atoms with Crippen LogP contribution >= 0.6 is 15.9 Å². The molecule has 1 heterocycles. The van der Waals surface area contributed by atoms with Crippen molar-refractivity contribution in [1.82, 2.24) is 10.1 Å². The van der Waals surface area contributed by atoms with Gasteiger partial charge in [-0.05, 0) is 24.6 Å². The minimum Gasteiger partial charge on any atom is -0.315 e. The Morgan fingerprint density at radius 2 is 2.05 bits per heavy atom. The van der Waals surface area contributed by atoms with E-state index in [1.54, 1.807) is 6.92 Å². The Kier molecular flexibility index (Phi) is 4.43. The van der Waals surface area contributed by atoms with Crippen molar-refractivity contribution in [3.8, 4) is 0 Å². The van der Waals surface area contributed by atoms with Gasteiger partial charge >= 0.3 is 6.01 Å². The maximum absolute atomic E-state index is 13.0. The Morgan fingerprint density at radius 1 is 1.40 bits per heavy atom. The normalized spacial score (nSPS) is 12.2. The number of anilines is 1. The van der Waals surface area contributed by atoms with E-state index in [-0.39, 0.29) is 24.2 Å². The first kappa shape index (κ1) is 14.6. The van der Waals surface area contributed by atoms with Gasteiger partial charge < -0.3 is 4.52 Å². The van der Waals surface area contributed by atoms with Crippen molar-refractivity contribution in [3.05, 3.63) is 41.2 Å². The average molecular weight is 346 g/mol. The molecule has 5 nitrogen and oxygen atoms in total. The lowest BCUT2D eigenvalue weighted by Gasteiger charge is -2.00. The number of amides is 1. The predicted molar refractivity (Wildman–Crippen MR) is 70.5 cm³/mol. The SMILES string of the molecule is CC(Br)C(=O)Nc1nc(Cc2cc(F)cc(F)c2)no1. The fourth-order valence-corrected chi connectivity index (χ4v) is 1.59. The van der Waals surface area contributed by atoms with Gasteiger partial charge in [0.1, 0.15) is 11.6 Å². The van der Waals surface area contributed by atoms with Gasteiger partial charge in [-0.3, -0.25) is 10.1 Å². The van der Waals surface area contributed by atoms with E-state index in [1.807, 2.05) is 0 Å². The van der Waals surface area contributed by atoms with E-state index in [0.29, 0.717) is 5.56 Å². The molecule has 0 aliphatic heterocycles. The summed E-state index contributed by atoms with van der Waals surface area (Å²) in [6.45, 7) is 1.64. The van der Waals surface area contributed by atoms with Crippen LogP contribution in [-0.2, 0) is 11.2 Å². The Labute approximate surface area is 121 Å².